The van der Waals surface area contributed by atoms with Crippen molar-refractivity contribution >= 4 is 11.6 Å². The molecule has 1 aliphatic rings. The summed E-state index contributed by atoms with van der Waals surface area (Å²) in [5, 5.41) is 3.12. The van der Waals surface area contributed by atoms with Gasteiger partial charge in [0.05, 0.1) is 0 Å². The molecule has 0 radical (unpaired) electrons. The van der Waals surface area contributed by atoms with Gasteiger partial charge in [-0.25, -0.2) is 9.97 Å². The van der Waals surface area contributed by atoms with E-state index in [0.717, 1.165) is 36.7 Å². The van der Waals surface area contributed by atoms with Crippen LogP contribution in [0.15, 0.2) is 30.6 Å². The fourth-order valence-electron chi connectivity index (χ4n) is 2.69. The second-order valence-electron chi connectivity index (χ2n) is 4.86. The van der Waals surface area contributed by atoms with Crippen LogP contribution in [0.2, 0.25) is 0 Å². The number of aromatic nitrogens is 2. The number of hydrogen-bond acceptors (Lipinski definition) is 4. The Bertz CT molecular complexity index is 594. The van der Waals surface area contributed by atoms with Gasteiger partial charge in [-0.3, -0.25) is 0 Å². The predicted octanol–water partition coefficient (Wildman–Crippen LogP) is 2.39. The van der Waals surface area contributed by atoms with E-state index in [4.69, 9.17) is 0 Å². The molecule has 0 aliphatic carbocycles. The maximum atomic E-state index is 4.46. The van der Waals surface area contributed by atoms with Crippen LogP contribution in [-0.4, -0.2) is 23.6 Å². The molecule has 0 spiro atoms. The fourth-order valence-corrected chi connectivity index (χ4v) is 2.69. The Labute approximate surface area is 113 Å². The Morgan fingerprint density at radius 3 is 2.74 bits per heavy atom. The minimum atomic E-state index is 0.906. The molecule has 0 amide bonds. The minimum absolute atomic E-state index is 0.906. The summed E-state index contributed by atoms with van der Waals surface area (Å²) < 4.78 is 0. The molecule has 0 saturated heterocycles. The van der Waals surface area contributed by atoms with Crippen molar-refractivity contribution in [1.29, 1.82) is 0 Å². The van der Waals surface area contributed by atoms with Crippen molar-refractivity contribution in [1.82, 2.24) is 9.97 Å². The standard InChI is InChI=1S/C15H18N4/c1-11-14(16-2)17-10-18-15(11)19-8-7-12-5-3-4-6-13(12)9-19/h3-6,10H,7-9H2,1-2H3,(H,16,17,18). The molecule has 1 N–H and O–H groups in total. The Morgan fingerprint density at radius 1 is 1.16 bits per heavy atom. The monoisotopic (exact) mass is 254 g/mol. The highest BCUT2D eigenvalue weighted by atomic mass is 15.2. The molecule has 0 bridgehead atoms. The van der Waals surface area contributed by atoms with E-state index < -0.39 is 0 Å². The lowest BCUT2D eigenvalue weighted by molar-refractivity contribution is 0.716. The van der Waals surface area contributed by atoms with Gasteiger partial charge in [-0.1, -0.05) is 24.3 Å². The zero-order valence-corrected chi connectivity index (χ0v) is 11.3. The van der Waals surface area contributed by atoms with Crippen LogP contribution in [-0.2, 0) is 13.0 Å². The first-order valence-electron chi connectivity index (χ1n) is 6.60. The van der Waals surface area contributed by atoms with Crippen LogP contribution < -0.4 is 10.2 Å². The zero-order chi connectivity index (χ0) is 13.2. The smallest absolute Gasteiger partial charge is 0.137 e. The fraction of sp³-hybridized carbons (Fsp3) is 0.333. The molecule has 2 aromatic rings. The molecule has 0 saturated carbocycles. The van der Waals surface area contributed by atoms with Gasteiger partial charge in [-0.15, -0.1) is 0 Å². The molecule has 3 rings (SSSR count). The SMILES string of the molecule is CNc1ncnc(N2CCc3ccccc3C2)c1C. The summed E-state index contributed by atoms with van der Waals surface area (Å²) in [6, 6.07) is 8.65. The van der Waals surface area contributed by atoms with Crippen molar-refractivity contribution in [3.63, 3.8) is 0 Å². The Kier molecular flexibility index (Phi) is 3.07. The molecule has 0 atom stereocenters. The quantitative estimate of drug-likeness (QED) is 0.893. The topological polar surface area (TPSA) is 41.1 Å². The summed E-state index contributed by atoms with van der Waals surface area (Å²) in [4.78, 5) is 11.0. The summed E-state index contributed by atoms with van der Waals surface area (Å²) in [7, 11) is 1.89. The maximum Gasteiger partial charge on any atom is 0.137 e. The number of hydrogen-bond donors (Lipinski definition) is 1. The highest BCUT2D eigenvalue weighted by Crippen LogP contribution is 2.27. The number of fused-ring (bicyclic) bond motifs is 1. The summed E-state index contributed by atoms with van der Waals surface area (Å²) >= 11 is 0. The van der Waals surface area contributed by atoms with Gasteiger partial charge in [-0.2, -0.15) is 0 Å². The van der Waals surface area contributed by atoms with E-state index >= 15 is 0 Å². The van der Waals surface area contributed by atoms with Crippen molar-refractivity contribution in [2.75, 3.05) is 23.8 Å². The van der Waals surface area contributed by atoms with Gasteiger partial charge in [0.25, 0.3) is 0 Å². The number of benzene rings is 1. The number of nitrogens with one attached hydrogen (secondary N) is 1. The highest BCUT2D eigenvalue weighted by molar-refractivity contribution is 5.58. The first kappa shape index (κ1) is 12.0. The molecular formula is C15H18N4. The van der Waals surface area contributed by atoms with Crippen molar-refractivity contribution in [2.24, 2.45) is 0 Å². The third-order valence-electron chi connectivity index (χ3n) is 3.72. The lowest BCUT2D eigenvalue weighted by atomic mass is 10.00. The van der Waals surface area contributed by atoms with E-state index in [-0.39, 0.29) is 0 Å². The molecule has 1 aliphatic heterocycles. The Morgan fingerprint density at radius 2 is 1.95 bits per heavy atom. The van der Waals surface area contributed by atoms with Gasteiger partial charge in [0, 0.05) is 25.7 Å². The summed E-state index contributed by atoms with van der Waals surface area (Å²) in [6.07, 6.45) is 2.71. The number of nitrogens with zero attached hydrogens (tertiary/aromatic N) is 3. The second-order valence-corrected chi connectivity index (χ2v) is 4.86. The largest absolute Gasteiger partial charge is 0.373 e. The average Bonchev–Trinajstić information content (AvgIpc) is 2.47. The first-order valence-corrected chi connectivity index (χ1v) is 6.60. The predicted molar refractivity (Wildman–Crippen MR) is 77.5 cm³/mol. The van der Waals surface area contributed by atoms with Crippen molar-refractivity contribution < 1.29 is 0 Å². The molecule has 19 heavy (non-hydrogen) atoms. The van der Waals surface area contributed by atoms with Crippen LogP contribution >= 0.6 is 0 Å². The molecule has 4 heteroatoms. The summed E-state index contributed by atoms with van der Waals surface area (Å²) in [5.41, 5.74) is 3.97. The van der Waals surface area contributed by atoms with Crippen LogP contribution in [0.3, 0.4) is 0 Å². The second kappa shape index (κ2) is 4.88. The minimum Gasteiger partial charge on any atom is -0.373 e. The lowest BCUT2D eigenvalue weighted by Gasteiger charge is -2.31. The van der Waals surface area contributed by atoms with Crippen molar-refractivity contribution in [2.45, 2.75) is 19.9 Å². The summed E-state index contributed by atoms with van der Waals surface area (Å²) in [5.74, 6) is 1.94. The Balaban J connectivity index is 1.93. The van der Waals surface area contributed by atoms with Crippen molar-refractivity contribution in [3.05, 3.63) is 47.3 Å². The van der Waals surface area contributed by atoms with Crippen LogP contribution in [0.4, 0.5) is 11.6 Å². The van der Waals surface area contributed by atoms with Gasteiger partial charge >= 0.3 is 0 Å². The molecule has 1 aromatic heterocycles. The number of anilines is 2. The van der Waals surface area contributed by atoms with Gasteiger partial charge in [0.1, 0.15) is 18.0 Å². The van der Waals surface area contributed by atoms with Crippen LogP contribution in [0.1, 0.15) is 16.7 Å². The molecule has 1 aromatic carbocycles. The third kappa shape index (κ3) is 2.14. The van der Waals surface area contributed by atoms with E-state index in [9.17, 15) is 0 Å². The van der Waals surface area contributed by atoms with Gasteiger partial charge in [-0.05, 0) is 24.5 Å². The summed E-state index contributed by atoms with van der Waals surface area (Å²) in [6.45, 7) is 4.01. The van der Waals surface area contributed by atoms with Gasteiger partial charge in [0.15, 0.2) is 0 Å². The van der Waals surface area contributed by atoms with E-state index in [2.05, 4.69) is 51.4 Å². The lowest BCUT2D eigenvalue weighted by Crippen LogP contribution is -2.31. The maximum absolute atomic E-state index is 4.46. The van der Waals surface area contributed by atoms with Gasteiger partial charge in [0.2, 0.25) is 0 Å². The molecular weight excluding hydrogens is 236 g/mol. The molecule has 0 fully saturated rings. The highest BCUT2D eigenvalue weighted by Gasteiger charge is 2.19. The molecule has 4 nitrogen and oxygen atoms in total. The van der Waals surface area contributed by atoms with E-state index in [1.807, 2.05) is 7.05 Å². The number of rotatable bonds is 2. The van der Waals surface area contributed by atoms with Crippen LogP contribution in [0.25, 0.3) is 0 Å². The normalized spacial score (nSPS) is 14.1. The molecule has 2 heterocycles. The van der Waals surface area contributed by atoms with Crippen LogP contribution in [0, 0.1) is 6.92 Å². The van der Waals surface area contributed by atoms with E-state index in [0.29, 0.717) is 0 Å². The Hall–Kier alpha value is -2.10. The van der Waals surface area contributed by atoms with E-state index in [1.54, 1.807) is 6.33 Å². The average molecular weight is 254 g/mol. The zero-order valence-electron chi connectivity index (χ0n) is 11.3. The van der Waals surface area contributed by atoms with Crippen molar-refractivity contribution in [3.8, 4) is 0 Å². The molecule has 98 valence electrons. The van der Waals surface area contributed by atoms with Crippen LogP contribution in [0.5, 0.6) is 0 Å². The molecule has 0 unspecified atom stereocenters. The van der Waals surface area contributed by atoms with Gasteiger partial charge < -0.3 is 10.2 Å². The van der Waals surface area contributed by atoms with E-state index in [1.165, 1.54) is 11.1 Å². The first-order chi connectivity index (χ1) is 9.29. The third-order valence-corrected chi connectivity index (χ3v) is 3.72.